The molecule has 2 aliphatic carbocycles. The van der Waals surface area contributed by atoms with Crippen LogP contribution in [-0.2, 0) is 6.42 Å². The first-order chi connectivity index (χ1) is 9.86. The van der Waals surface area contributed by atoms with E-state index < -0.39 is 0 Å². The smallest absolute Gasteiger partial charge is 0.0628 e. The van der Waals surface area contributed by atoms with Crippen molar-refractivity contribution in [1.29, 1.82) is 0 Å². The van der Waals surface area contributed by atoms with Crippen molar-refractivity contribution in [3.8, 4) is 0 Å². The Morgan fingerprint density at radius 2 is 1.90 bits per heavy atom. The van der Waals surface area contributed by atoms with Crippen LogP contribution in [0.15, 0.2) is 12.3 Å². The van der Waals surface area contributed by atoms with Crippen molar-refractivity contribution in [2.24, 2.45) is 5.92 Å². The zero-order valence-corrected chi connectivity index (χ0v) is 12.9. The molecule has 20 heavy (non-hydrogen) atoms. The summed E-state index contributed by atoms with van der Waals surface area (Å²) >= 11 is 0. The van der Waals surface area contributed by atoms with E-state index in [9.17, 15) is 0 Å². The average molecular weight is 275 g/mol. The van der Waals surface area contributed by atoms with E-state index in [-0.39, 0.29) is 0 Å². The van der Waals surface area contributed by atoms with Gasteiger partial charge in [-0.05, 0) is 50.6 Å². The molecule has 0 bridgehead atoms. The highest BCUT2D eigenvalue weighted by Gasteiger charge is 2.25. The van der Waals surface area contributed by atoms with Crippen molar-refractivity contribution in [3.63, 3.8) is 0 Å². The van der Waals surface area contributed by atoms with E-state index in [2.05, 4.69) is 29.2 Å². The SMILES string of the molecule is CCNC1CCCCC1Cc1ccn(C2CCCC2)n1. The first-order valence-electron chi connectivity index (χ1n) is 8.64. The van der Waals surface area contributed by atoms with Crippen LogP contribution in [0.4, 0.5) is 0 Å². The Labute approximate surface area is 123 Å². The van der Waals surface area contributed by atoms with Gasteiger partial charge in [0.15, 0.2) is 0 Å². The molecule has 2 aliphatic rings. The van der Waals surface area contributed by atoms with Gasteiger partial charge in [0.2, 0.25) is 0 Å². The van der Waals surface area contributed by atoms with Crippen molar-refractivity contribution in [2.75, 3.05) is 6.54 Å². The summed E-state index contributed by atoms with van der Waals surface area (Å²) in [6.07, 6.45) is 14.3. The summed E-state index contributed by atoms with van der Waals surface area (Å²) in [7, 11) is 0. The molecule has 3 nitrogen and oxygen atoms in total. The molecule has 0 saturated heterocycles. The average Bonchev–Trinajstić information content (AvgIpc) is 3.12. The molecule has 0 amide bonds. The second-order valence-electron chi connectivity index (χ2n) is 6.64. The molecule has 0 radical (unpaired) electrons. The molecule has 1 aromatic heterocycles. The number of nitrogens with zero attached hydrogens (tertiary/aromatic N) is 2. The minimum Gasteiger partial charge on any atom is -0.314 e. The molecule has 0 aromatic carbocycles. The highest BCUT2D eigenvalue weighted by Crippen LogP contribution is 2.30. The normalized spacial score (nSPS) is 28.1. The topological polar surface area (TPSA) is 29.9 Å². The van der Waals surface area contributed by atoms with Crippen LogP contribution in [0.3, 0.4) is 0 Å². The second-order valence-corrected chi connectivity index (χ2v) is 6.64. The molecule has 2 atom stereocenters. The zero-order valence-electron chi connectivity index (χ0n) is 12.9. The van der Waals surface area contributed by atoms with Gasteiger partial charge in [-0.25, -0.2) is 0 Å². The minimum absolute atomic E-state index is 0.680. The molecule has 3 heteroatoms. The summed E-state index contributed by atoms with van der Waals surface area (Å²) in [5.41, 5.74) is 1.31. The lowest BCUT2D eigenvalue weighted by Gasteiger charge is -2.31. The molecule has 2 fully saturated rings. The maximum absolute atomic E-state index is 4.87. The van der Waals surface area contributed by atoms with E-state index in [0.29, 0.717) is 12.1 Å². The van der Waals surface area contributed by atoms with Gasteiger partial charge < -0.3 is 5.32 Å². The van der Waals surface area contributed by atoms with Gasteiger partial charge in [0.05, 0.1) is 11.7 Å². The van der Waals surface area contributed by atoms with Crippen LogP contribution in [0.1, 0.15) is 70.0 Å². The maximum Gasteiger partial charge on any atom is 0.0628 e. The van der Waals surface area contributed by atoms with E-state index in [1.807, 2.05) is 0 Å². The third-order valence-electron chi connectivity index (χ3n) is 5.21. The molecule has 1 aromatic rings. The van der Waals surface area contributed by atoms with Crippen LogP contribution in [0.2, 0.25) is 0 Å². The monoisotopic (exact) mass is 275 g/mol. The standard InChI is InChI=1S/C17H29N3/c1-2-18-17-10-6-3-7-14(17)13-15-11-12-20(19-15)16-8-4-5-9-16/h11-12,14,16-18H,2-10,13H2,1H3. The number of rotatable bonds is 5. The Balaban J connectivity index is 1.61. The minimum atomic E-state index is 0.680. The summed E-state index contributed by atoms with van der Waals surface area (Å²) in [4.78, 5) is 0. The first-order valence-corrected chi connectivity index (χ1v) is 8.64. The highest BCUT2D eigenvalue weighted by atomic mass is 15.3. The molecular formula is C17H29N3. The van der Waals surface area contributed by atoms with Gasteiger partial charge in [0, 0.05) is 12.2 Å². The third kappa shape index (κ3) is 3.25. The van der Waals surface area contributed by atoms with Gasteiger partial charge in [-0.2, -0.15) is 5.10 Å². The van der Waals surface area contributed by atoms with E-state index in [1.54, 1.807) is 0 Å². The van der Waals surface area contributed by atoms with Gasteiger partial charge in [0.25, 0.3) is 0 Å². The largest absolute Gasteiger partial charge is 0.314 e. The summed E-state index contributed by atoms with van der Waals surface area (Å²) in [5.74, 6) is 0.788. The molecule has 1 heterocycles. The Morgan fingerprint density at radius 1 is 1.15 bits per heavy atom. The Bertz CT molecular complexity index is 404. The maximum atomic E-state index is 4.87. The van der Waals surface area contributed by atoms with Crippen LogP contribution in [0.5, 0.6) is 0 Å². The van der Waals surface area contributed by atoms with Crippen LogP contribution in [0, 0.1) is 5.92 Å². The van der Waals surface area contributed by atoms with E-state index in [4.69, 9.17) is 5.10 Å². The Kier molecular flexibility index (Phi) is 4.77. The predicted octanol–water partition coefficient (Wildman–Crippen LogP) is 3.71. The lowest BCUT2D eigenvalue weighted by molar-refractivity contribution is 0.262. The van der Waals surface area contributed by atoms with Gasteiger partial charge >= 0.3 is 0 Å². The third-order valence-corrected chi connectivity index (χ3v) is 5.21. The number of nitrogens with one attached hydrogen (secondary N) is 1. The number of aromatic nitrogens is 2. The molecule has 1 N–H and O–H groups in total. The van der Waals surface area contributed by atoms with Crippen molar-refractivity contribution >= 4 is 0 Å². The summed E-state index contributed by atoms with van der Waals surface area (Å²) in [6, 6.07) is 3.65. The van der Waals surface area contributed by atoms with Crippen LogP contribution in [0.25, 0.3) is 0 Å². The van der Waals surface area contributed by atoms with Gasteiger partial charge in [-0.1, -0.05) is 32.6 Å². The van der Waals surface area contributed by atoms with Crippen molar-refractivity contribution in [2.45, 2.75) is 76.8 Å². The van der Waals surface area contributed by atoms with Crippen molar-refractivity contribution in [1.82, 2.24) is 15.1 Å². The lowest BCUT2D eigenvalue weighted by atomic mass is 9.81. The quantitative estimate of drug-likeness (QED) is 0.888. The summed E-state index contributed by atoms with van der Waals surface area (Å²) < 4.78 is 2.24. The summed E-state index contributed by atoms with van der Waals surface area (Å²) in [5, 5.41) is 8.55. The first kappa shape index (κ1) is 14.1. The summed E-state index contributed by atoms with van der Waals surface area (Å²) in [6.45, 7) is 3.32. The Hall–Kier alpha value is -0.830. The highest BCUT2D eigenvalue weighted by molar-refractivity contribution is 5.03. The Morgan fingerprint density at radius 3 is 2.70 bits per heavy atom. The van der Waals surface area contributed by atoms with Crippen LogP contribution < -0.4 is 5.32 Å². The molecule has 112 valence electrons. The fraction of sp³-hybridized carbons (Fsp3) is 0.824. The number of hydrogen-bond donors (Lipinski definition) is 1. The van der Waals surface area contributed by atoms with E-state index in [1.165, 1.54) is 57.1 Å². The molecule has 3 rings (SSSR count). The van der Waals surface area contributed by atoms with Gasteiger partial charge in [-0.3, -0.25) is 4.68 Å². The number of hydrogen-bond acceptors (Lipinski definition) is 2. The molecule has 2 unspecified atom stereocenters. The molecule has 0 aliphatic heterocycles. The van der Waals surface area contributed by atoms with Crippen LogP contribution >= 0.6 is 0 Å². The van der Waals surface area contributed by atoms with Crippen molar-refractivity contribution in [3.05, 3.63) is 18.0 Å². The zero-order chi connectivity index (χ0) is 13.8. The molecule has 0 spiro atoms. The van der Waals surface area contributed by atoms with Crippen LogP contribution in [-0.4, -0.2) is 22.4 Å². The van der Waals surface area contributed by atoms with Crippen molar-refractivity contribution < 1.29 is 0 Å². The molecular weight excluding hydrogens is 246 g/mol. The molecule has 2 saturated carbocycles. The fourth-order valence-electron chi connectivity index (χ4n) is 4.11. The fourth-order valence-corrected chi connectivity index (χ4v) is 4.11. The lowest BCUT2D eigenvalue weighted by Crippen LogP contribution is -2.39. The van der Waals surface area contributed by atoms with E-state index in [0.717, 1.165) is 18.9 Å². The second kappa shape index (κ2) is 6.75. The van der Waals surface area contributed by atoms with E-state index >= 15 is 0 Å². The van der Waals surface area contributed by atoms with Gasteiger partial charge in [0.1, 0.15) is 0 Å². The van der Waals surface area contributed by atoms with Gasteiger partial charge in [-0.15, -0.1) is 0 Å². The predicted molar refractivity (Wildman–Crippen MR) is 82.9 cm³/mol.